The number of hydrogen-bond acceptors (Lipinski definition) is 9. The second-order valence-corrected chi connectivity index (χ2v) is 17.1. The molecule has 1 aliphatic rings. The lowest BCUT2D eigenvalue weighted by molar-refractivity contribution is -0.870. The van der Waals surface area contributed by atoms with Crippen LogP contribution in [0.4, 0.5) is 0 Å². The fourth-order valence-corrected chi connectivity index (χ4v) is 6.46. The van der Waals surface area contributed by atoms with Crippen molar-refractivity contribution >= 4 is 19.8 Å². The van der Waals surface area contributed by atoms with Crippen molar-refractivity contribution in [2.45, 2.75) is 173 Å². The number of nitrogens with zero attached hydrogens (tertiary/aromatic N) is 1. The highest BCUT2D eigenvalue weighted by atomic mass is 31.2. The van der Waals surface area contributed by atoms with Crippen LogP contribution in [0.15, 0.2) is 48.6 Å². The number of esters is 2. The van der Waals surface area contributed by atoms with Crippen molar-refractivity contribution in [2.75, 3.05) is 47.5 Å². The van der Waals surface area contributed by atoms with Gasteiger partial charge in [-0.25, -0.2) is 0 Å². The molecule has 0 radical (unpaired) electrons. The van der Waals surface area contributed by atoms with Crippen LogP contribution >= 0.6 is 7.82 Å². The largest absolute Gasteiger partial charge is 0.756 e. The Morgan fingerprint density at radius 1 is 0.673 bits per heavy atom. The van der Waals surface area contributed by atoms with E-state index >= 15 is 0 Å². The predicted octanol–water partition coefficient (Wildman–Crippen LogP) is 10.3. The predicted molar refractivity (Wildman–Crippen MR) is 221 cm³/mol. The molecule has 3 unspecified atom stereocenters. The number of phosphoric acid groups is 1. The second-order valence-electron chi connectivity index (χ2n) is 15.7. The van der Waals surface area contributed by atoms with Crippen molar-refractivity contribution in [3.05, 3.63) is 48.6 Å². The number of epoxide rings is 1. The molecule has 1 saturated heterocycles. The zero-order valence-electron chi connectivity index (χ0n) is 35.3. The molecule has 0 aromatic rings. The van der Waals surface area contributed by atoms with E-state index in [4.69, 9.17) is 23.3 Å². The molecule has 1 fully saturated rings. The molecule has 0 spiro atoms. The van der Waals surface area contributed by atoms with E-state index in [9.17, 15) is 19.0 Å². The Kier molecular flexibility index (Phi) is 30.5. The number of rotatable bonds is 37. The minimum atomic E-state index is -4.65. The fraction of sp³-hybridized carbons (Fsp3) is 0.773. The summed E-state index contributed by atoms with van der Waals surface area (Å²) in [6.45, 7) is 4.07. The van der Waals surface area contributed by atoms with Gasteiger partial charge in [0.1, 0.15) is 19.8 Å². The van der Waals surface area contributed by atoms with Crippen LogP contribution in [0.5, 0.6) is 0 Å². The Labute approximate surface area is 335 Å². The molecule has 4 atom stereocenters. The van der Waals surface area contributed by atoms with Gasteiger partial charge in [-0.2, -0.15) is 0 Å². The van der Waals surface area contributed by atoms with Gasteiger partial charge in [-0.05, 0) is 77.0 Å². The number of hydrogen-bond donors (Lipinski definition) is 0. The maximum absolute atomic E-state index is 12.7. The lowest BCUT2D eigenvalue weighted by Gasteiger charge is -2.28. The molecule has 1 heterocycles. The lowest BCUT2D eigenvalue weighted by atomic mass is 10.1. The van der Waals surface area contributed by atoms with Gasteiger partial charge in [-0.3, -0.25) is 14.2 Å². The van der Waals surface area contributed by atoms with E-state index < -0.39 is 32.5 Å². The summed E-state index contributed by atoms with van der Waals surface area (Å²) in [6, 6.07) is 0. The summed E-state index contributed by atoms with van der Waals surface area (Å²) in [4.78, 5) is 37.6. The first-order valence-electron chi connectivity index (χ1n) is 21.5. The van der Waals surface area contributed by atoms with E-state index in [1.165, 1.54) is 51.4 Å². The van der Waals surface area contributed by atoms with Crippen LogP contribution in [0.2, 0.25) is 0 Å². The van der Waals surface area contributed by atoms with Crippen LogP contribution in [0.25, 0.3) is 0 Å². The second kappa shape index (κ2) is 33.0. The molecule has 0 bridgehead atoms. The Balaban J connectivity index is 2.37. The number of likely N-dealkylation sites (N-methyl/N-ethyl adjacent to an activating group) is 1. The van der Waals surface area contributed by atoms with Gasteiger partial charge in [0.05, 0.1) is 40.0 Å². The molecule has 0 aromatic heterocycles. The highest BCUT2D eigenvalue weighted by Crippen LogP contribution is 2.38. The molecule has 0 aromatic carbocycles. The maximum Gasteiger partial charge on any atom is 0.306 e. The molecule has 0 aliphatic carbocycles. The van der Waals surface area contributed by atoms with E-state index in [1.807, 2.05) is 21.1 Å². The zero-order chi connectivity index (χ0) is 40.5. The summed E-state index contributed by atoms with van der Waals surface area (Å²) in [5, 5.41) is 0. The number of quaternary nitrogens is 1. The van der Waals surface area contributed by atoms with Crippen molar-refractivity contribution in [1.29, 1.82) is 0 Å². The van der Waals surface area contributed by atoms with Crippen LogP contribution in [-0.2, 0) is 37.4 Å². The van der Waals surface area contributed by atoms with Gasteiger partial charge in [-0.15, -0.1) is 0 Å². The van der Waals surface area contributed by atoms with Gasteiger partial charge in [0.2, 0.25) is 0 Å². The van der Waals surface area contributed by atoms with Gasteiger partial charge in [0.15, 0.2) is 6.10 Å². The van der Waals surface area contributed by atoms with Gasteiger partial charge in [0, 0.05) is 12.8 Å². The van der Waals surface area contributed by atoms with Crippen LogP contribution < -0.4 is 4.89 Å². The number of unbranched alkanes of at least 4 members (excludes halogenated alkanes) is 12. The summed E-state index contributed by atoms with van der Waals surface area (Å²) in [5.74, 6) is -0.925. The fourth-order valence-electron chi connectivity index (χ4n) is 5.73. The number of phosphoric ester groups is 1. The summed E-state index contributed by atoms with van der Waals surface area (Å²) in [5.41, 5.74) is 0. The van der Waals surface area contributed by atoms with Crippen LogP contribution in [0.3, 0.4) is 0 Å². The first kappa shape index (κ1) is 50.9. The topological polar surface area (TPSA) is 124 Å². The van der Waals surface area contributed by atoms with Crippen LogP contribution in [0, 0.1) is 0 Å². The SMILES string of the molecule is CCCCC/C=C\C/C=C\C/C=C\CC1OC1CCCC(=O)O[C@H](COC(=O)CCCCCCC/C=C\CCCCCC)COP(=O)([O-])OCC[N+](C)(C)C. The normalized spacial score (nSPS) is 17.8. The van der Waals surface area contributed by atoms with E-state index in [0.29, 0.717) is 23.9 Å². The summed E-state index contributed by atoms with van der Waals surface area (Å²) in [6.07, 6.45) is 38.7. The standard InChI is InChI=1S/C44H78NO9P/c1-6-8-10-12-14-16-18-20-22-24-26-28-30-34-43(46)50-38-40(39-52-55(48,49)51-37-36-45(3,4)5)53-44(47)35-31-33-42-41(54-42)32-29-27-25-23-21-19-17-15-13-11-9-7-2/h15-18,21,23,27,29,40-42H,6-14,19-20,22,24-26,28,30-39H2,1-5H3/b17-15-,18-16-,23-21-,29-27-/t40-,41?,42?/m1/s1. The summed E-state index contributed by atoms with van der Waals surface area (Å²) >= 11 is 0. The molecule has 1 aliphatic heterocycles. The lowest BCUT2D eigenvalue weighted by Crippen LogP contribution is -2.37. The van der Waals surface area contributed by atoms with Gasteiger partial charge in [-0.1, -0.05) is 114 Å². The Morgan fingerprint density at radius 2 is 1.22 bits per heavy atom. The monoisotopic (exact) mass is 796 g/mol. The minimum Gasteiger partial charge on any atom is -0.756 e. The van der Waals surface area contributed by atoms with Crippen molar-refractivity contribution in [3.63, 3.8) is 0 Å². The molecule has 11 heteroatoms. The maximum atomic E-state index is 12.7. The third-order valence-electron chi connectivity index (χ3n) is 9.25. The quantitative estimate of drug-likeness (QED) is 0.0151. The molecule has 1 rings (SSSR count). The van der Waals surface area contributed by atoms with Gasteiger partial charge < -0.3 is 32.6 Å². The number of carbonyl (C=O) groups is 2. The molecule has 55 heavy (non-hydrogen) atoms. The molecule has 0 amide bonds. The third kappa shape index (κ3) is 33.8. The van der Waals surface area contributed by atoms with E-state index in [1.54, 1.807) is 0 Å². The van der Waals surface area contributed by atoms with E-state index in [2.05, 4.69) is 62.5 Å². The first-order chi connectivity index (χ1) is 26.5. The van der Waals surface area contributed by atoms with Crippen molar-refractivity contribution < 1.29 is 46.8 Å². The Hall–Kier alpha value is -2.07. The van der Waals surface area contributed by atoms with Crippen LogP contribution in [-0.4, -0.2) is 82.2 Å². The number of carbonyl (C=O) groups excluding carboxylic acids is 2. The van der Waals surface area contributed by atoms with Gasteiger partial charge >= 0.3 is 11.9 Å². The van der Waals surface area contributed by atoms with E-state index in [-0.39, 0.29) is 38.3 Å². The Bertz CT molecular complexity index is 1150. The highest BCUT2D eigenvalue weighted by molar-refractivity contribution is 7.45. The highest BCUT2D eigenvalue weighted by Gasteiger charge is 2.36. The summed E-state index contributed by atoms with van der Waals surface area (Å²) in [7, 11) is 1.11. The number of allylic oxidation sites excluding steroid dienone is 7. The van der Waals surface area contributed by atoms with Crippen molar-refractivity contribution in [2.24, 2.45) is 0 Å². The Morgan fingerprint density at radius 3 is 1.89 bits per heavy atom. The van der Waals surface area contributed by atoms with Crippen molar-refractivity contribution in [3.8, 4) is 0 Å². The van der Waals surface area contributed by atoms with Crippen molar-refractivity contribution in [1.82, 2.24) is 0 Å². The molecule has 10 nitrogen and oxygen atoms in total. The zero-order valence-corrected chi connectivity index (χ0v) is 36.2. The third-order valence-corrected chi connectivity index (χ3v) is 10.2. The van der Waals surface area contributed by atoms with Gasteiger partial charge in [0.25, 0.3) is 7.82 Å². The molecule has 0 saturated carbocycles. The molecular weight excluding hydrogens is 717 g/mol. The molecule has 318 valence electrons. The average Bonchev–Trinajstić information content (AvgIpc) is 3.88. The molecular formula is C44H78NO9P. The minimum absolute atomic E-state index is 0.0479. The van der Waals surface area contributed by atoms with E-state index in [0.717, 1.165) is 64.2 Å². The smallest absolute Gasteiger partial charge is 0.306 e. The summed E-state index contributed by atoms with van der Waals surface area (Å²) < 4.78 is 39.6. The average molecular weight is 796 g/mol. The van der Waals surface area contributed by atoms with Crippen LogP contribution in [0.1, 0.15) is 155 Å². The molecule has 0 N–H and O–H groups in total. The number of ether oxygens (including phenoxy) is 3. The first-order valence-corrected chi connectivity index (χ1v) is 22.9.